The van der Waals surface area contributed by atoms with Crippen molar-refractivity contribution < 1.29 is 9.59 Å². The van der Waals surface area contributed by atoms with Crippen LogP contribution in [-0.4, -0.2) is 32.8 Å². The Morgan fingerprint density at radius 3 is 2.68 bits per heavy atom. The van der Waals surface area contributed by atoms with Crippen molar-refractivity contribution in [1.82, 2.24) is 4.90 Å². The van der Waals surface area contributed by atoms with Gasteiger partial charge in [-0.15, -0.1) is 0 Å². The van der Waals surface area contributed by atoms with Crippen LogP contribution in [0.4, 0.5) is 5.69 Å². The highest BCUT2D eigenvalue weighted by Gasteiger charge is 2.35. The van der Waals surface area contributed by atoms with E-state index in [2.05, 4.69) is 5.32 Å². The van der Waals surface area contributed by atoms with Crippen LogP contribution in [-0.2, 0) is 9.59 Å². The summed E-state index contributed by atoms with van der Waals surface area (Å²) in [7, 11) is 0. The maximum atomic E-state index is 12.1. The van der Waals surface area contributed by atoms with Crippen molar-refractivity contribution in [2.75, 3.05) is 11.9 Å². The SMILES string of the molecule is CCC1SC(=S)N(CCC(=O)Nc2ccc(C)c(C)c2)C1=O. The number of carbonyl (C=O) groups is 2. The summed E-state index contributed by atoms with van der Waals surface area (Å²) in [5.41, 5.74) is 3.11. The summed E-state index contributed by atoms with van der Waals surface area (Å²) >= 11 is 6.63. The molecule has 2 amide bonds. The van der Waals surface area contributed by atoms with Crippen LogP contribution in [0.25, 0.3) is 0 Å². The lowest BCUT2D eigenvalue weighted by atomic mass is 10.1. The van der Waals surface area contributed by atoms with Crippen LogP contribution >= 0.6 is 24.0 Å². The minimum Gasteiger partial charge on any atom is -0.326 e. The number of rotatable bonds is 5. The van der Waals surface area contributed by atoms with E-state index < -0.39 is 0 Å². The summed E-state index contributed by atoms with van der Waals surface area (Å²) in [5.74, 6) is -0.0831. The number of aryl methyl sites for hydroxylation is 2. The van der Waals surface area contributed by atoms with E-state index in [9.17, 15) is 9.59 Å². The van der Waals surface area contributed by atoms with Gasteiger partial charge in [-0.05, 0) is 43.5 Å². The summed E-state index contributed by atoms with van der Waals surface area (Å²) in [5, 5.41) is 2.77. The molecule has 1 aromatic rings. The Morgan fingerprint density at radius 2 is 2.09 bits per heavy atom. The largest absolute Gasteiger partial charge is 0.326 e. The minimum atomic E-state index is -0.108. The highest BCUT2D eigenvalue weighted by Crippen LogP contribution is 2.29. The van der Waals surface area contributed by atoms with Crippen molar-refractivity contribution in [2.45, 2.75) is 38.9 Å². The van der Waals surface area contributed by atoms with Crippen molar-refractivity contribution in [2.24, 2.45) is 0 Å². The van der Waals surface area contributed by atoms with E-state index >= 15 is 0 Å². The molecule has 0 bridgehead atoms. The molecule has 1 aromatic carbocycles. The minimum absolute atomic E-state index is 0.0245. The van der Waals surface area contributed by atoms with Gasteiger partial charge in [0.1, 0.15) is 4.32 Å². The first kappa shape index (κ1) is 17.0. The summed E-state index contributed by atoms with van der Waals surface area (Å²) in [6.07, 6.45) is 1.00. The van der Waals surface area contributed by atoms with Gasteiger partial charge in [0.2, 0.25) is 11.8 Å². The standard InChI is InChI=1S/C16H20N2O2S2/c1-4-13-15(20)18(16(21)22-13)8-7-14(19)17-12-6-5-10(2)11(3)9-12/h5-6,9,13H,4,7-8H2,1-3H3,(H,17,19). The second-order valence-electron chi connectivity index (χ2n) is 5.37. The molecular formula is C16H20N2O2S2. The van der Waals surface area contributed by atoms with E-state index in [1.165, 1.54) is 17.3 Å². The zero-order valence-electron chi connectivity index (χ0n) is 13.0. The number of thiocarbonyl (C=S) groups is 1. The lowest BCUT2D eigenvalue weighted by Crippen LogP contribution is -2.33. The Bertz CT molecular complexity index is 616. The fraction of sp³-hybridized carbons (Fsp3) is 0.438. The topological polar surface area (TPSA) is 49.4 Å². The third-order valence-corrected chi connectivity index (χ3v) is 5.48. The molecule has 0 aliphatic carbocycles. The molecule has 1 fully saturated rings. The molecule has 1 aliphatic rings. The number of nitrogens with zero attached hydrogens (tertiary/aromatic N) is 1. The molecule has 0 radical (unpaired) electrons. The van der Waals surface area contributed by atoms with Gasteiger partial charge in [0.15, 0.2) is 0 Å². The van der Waals surface area contributed by atoms with Crippen molar-refractivity contribution in [3.8, 4) is 0 Å². The van der Waals surface area contributed by atoms with Crippen molar-refractivity contribution in [3.05, 3.63) is 29.3 Å². The first-order valence-electron chi connectivity index (χ1n) is 7.31. The lowest BCUT2D eigenvalue weighted by molar-refractivity contribution is -0.126. The van der Waals surface area contributed by atoms with Gasteiger partial charge in [-0.1, -0.05) is 37.0 Å². The van der Waals surface area contributed by atoms with Crippen molar-refractivity contribution in [3.63, 3.8) is 0 Å². The molecule has 6 heteroatoms. The normalized spacial score (nSPS) is 18.0. The van der Waals surface area contributed by atoms with Crippen LogP contribution in [0.2, 0.25) is 0 Å². The Balaban J connectivity index is 1.89. The monoisotopic (exact) mass is 336 g/mol. The van der Waals surface area contributed by atoms with Crippen molar-refractivity contribution in [1.29, 1.82) is 0 Å². The Kier molecular flexibility index (Phi) is 5.58. The number of hydrogen-bond acceptors (Lipinski definition) is 4. The van der Waals surface area contributed by atoms with Gasteiger partial charge in [0.25, 0.3) is 0 Å². The van der Waals surface area contributed by atoms with E-state index in [4.69, 9.17) is 12.2 Å². The third-order valence-electron chi connectivity index (χ3n) is 3.73. The van der Waals surface area contributed by atoms with Crippen LogP contribution in [0.1, 0.15) is 30.9 Å². The van der Waals surface area contributed by atoms with Crippen LogP contribution < -0.4 is 5.32 Å². The van der Waals surface area contributed by atoms with E-state index in [0.717, 1.165) is 17.7 Å². The predicted octanol–water partition coefficient (Wildman–Crippen LogP) is 3.27. The molecule has 4 nitrogen and oxygen atoms in total. The molecule has 118 valence electrons. The van der Waals surface area contributed by atoms with E-state index in [0.29, 0.717) is 10.9 Å². The maximum absolute atomic E-state index is 12.1. The summed E-state index contributed by atoms with van der Waals surface area (Å²) in [6.45, 7) is 6.35. The molecule has 1 heterocycles. The number of benzene rings is 1. The fourth-order valence-corrected chi connectivity index (χ4v) is 3.69. The van der Waals surface area contributed by atoms with E-state index in [1.54, 1.807) is 4.90 Å². The number of hydrogen-bond donors (Lipinski definition) is 1. The number of amides is 2. The zero-order valence-corrected chi connectivity index (χ0v) is 14.6. The van der Waals surface area contributed by atoms with Gasteiger partial charge >= 0.3 is 0 Å². The average molecular weight is 336 g/mol. The van der Waals surface area contributed by atoms with Gasteiger partial charge in [-0.3, -0.25) is 14.5 Å². The molecule has 1 unspecified atom stereocenters. The number of thioether (sulfide) groups is 1. The third kappa shape index (κ3) is 3.87. The zero-order chi connectivity index (χ0) is 16.3. The van der Waals surface area contributed by atoms with Gasteiger partial charge in [0, 0.05) is 18.7 Å². The predicted molar refractivity (Wildman–Crippen MR) is 95.1 cm³/mol. The van der Waals surface area contributed by atoms with Gasteiger partial charge in [-0.2, -0.15) is 0 Å². The van der Waals surface area contributed by atoms with Crippen molar-refractivity contribution >= 4 is 45.8 Å². The second-order valence-corrected chi connectivity index (χ2v) is 7.20. The second kappa shape index (κ2) is 7.24. The number of anilines is 1. The van der Waals surface area contributed by atoms with Gasteiger partial charge < -0.3 is 5.32 Å². The van der Waals surface area contributed by atoms with Crippen LogP contribution in [0.5, 0.6) is 0 Å². The first-order chi connectivity index (χ1) is 10.4. The molecule has 0 aromatic heterocycles. The highest BCUT2D eigenvalue weighted by molar-refractivity contribution is 8.24. The molecule has 1 N–H and O–H groups in total. The summed E-state index contributed by atoms with van der Waals surface area (Å²) in [4.78, 5) is 25.7. The van der Waals surface area contributed by atoms with Gasteiger partial charge in [0.05, 0.1) is 5.25 Å². The Hall–Kier alpha value is -1.40. The smallest absolute Gasteiger partial charge is 0.241 e. The molecule has 1 aliphatic heterocycles. The fourth-order valence-electron chi connectivity index (χ4n) is 2.21. The maximum Gasteiger partial charge on any atom is 0.241 e. The average Bonchev–Trinajstić information content (AvgIpc) is 2.75. The van der Waals surface area contributed by atoms with Crippen LogP contribution in [0.15, 0.2) is 18.2 Å². The Morgan fingerprint density at radius 1 is 1.36 bits per heavy atom. The van der Waals surface area contributed by atoms with E-state index in [-0.39, 0.29) is 23.5 Å². The molecular weight excluding hydrogens is 316 g/mol. The first-order valence-corrected chi connectivity index (χ1v) is 8.60. The Labute approximate surface area is 140 Å². The molecule has 1 atom stereocenters. The molecule has 22 heavy (non-hydrogen) atoms. The molecule has 1 saturated heterocycles. The summed E-state index contributed by atoms with van der Waals surface area (Å²) < 4.78 is 0.579. The molecule has 0 saturated carbocycles. The quantitative estimate of drug-likeness (QED) is 0.839. The number of nitrogens with one attached hydrogen (secondary N) is 1. The number of carbonyl (C=O) groups excluding carboxylic acids is 2. The molecule has 0 spiro atoms. The van der Waals surface area contributed by atoms with Crippen LogP contribution in [0, 0.1) is 13.8 Å². The van der Waals surface area contributed by atoms with E-state index in [1.807, 2.05) is 39.0 Å². The highest BCUT2D eigenvalue weighted by atomic mass is 32.2. The van der Waals surface area contributed by atoms with Gasteiger partial charge in [-0.25, -0.2) is 0 Å². The van der Waals surface area contributed by atoms with Crippen LogP contribution in [0.3, 0.4) is 0 Å². The summed E-state index contributed by atoms with van der Waals surface area (Å²) in [6, 6.07) is 5.81. The lowest BCUT2D eigenvalue weighted by Gasteiger charge is -2.15. The molecule has 2 rings (SSSR count).